The number of hydrogen-bond acceptors (Lipinski definition) is 6. The normalized spacial score (nSPS) is 18.1. The van der Waals surface area contributed by atoms with Crippen molar-refractivity contribution in [3.05, 3.63) is 29.5 Å². The minimum atomic E-state index is -0.376. The molecule has 1 saturated heterocycles. The van der Waals surface area contributed by atoms with Crippen molar-refractivity contribution in [3.63, 3.8) is 0 Å². The lowest BCUT2D eigenvalue weighted by molar-refractivity contribution is 0.0920. The second-order valence-electron chi connectivity index (χ2n) is 5.44. The van der Waals surface area contributed by atoms with Crippen molar-refractivity contribution in [1.82, 2.24) is 19.7 Å². The van der Waals surface area contributed by atoms with Crippen molar-refractivity contribution in [2.24, 2.45) is 0 Å². The fourth-order valence-electron chi connectivity index (χ4n) is 2.59. The molecule has 1 aliphatic rings. The van der Waals surface area contributed by atoms with E-state index in [1.54, 1.807) is 22.2 Å². The highest BCUT2D eigenvalue weighted by Crippen LogP contribution is 2.21. The first-order chi connectivity index (χ1) is 10.2. The average Bonchev–Trinajstić information content (AvgIpc) is 3.11. The number of aryl methyl sites for hydroxylation is 1. The molecule has 114 valence electrons. The molecule has 0 aromatic carbocycles. The summed E-state index contributed by atoms with van der Waals surface area (Å²) in [6.07, 6.45) is 3.24. The van der Waals surface area contributed by atoms with E-state index in [1.807, 2.05) is 19.2 Å². The van der Waals surface area contributed by atoms with Crippen LogP contribution in [-0.2, 0) is 6.54 Å². The van der Waals surface area contributed by atoms with Crippen molar-refractivity contribution in [2.75, 3.05) is 37.6 Å². The number of rotatable bonds is 5. The smallest absolute Gasteiger partial charge is 0.185 e. The Bertz CT molecular complexity index is 547. The second kappa shape index (κ2) is 6.55. The van der Waals surface area contributed by atoms with Gasteiger partial charge < -0.3 is 10.0 Å². The molecule has 1 N–H and O–H groups in total. The van der Waals surface area contributed by atoms with E-state index in [1.165, 1.54) is 0 Å². The quantitative estimate of drug-likeness (QED) is 0.887. The molecule has 0 radical (unpaired) electrons. The van der Waals surface area contributed by atoms with Crippen molar-refractivity contribution in [2.45, 2.75) is 19.6 Å². The first kappa shape index (κ1) is 14.5. The molecule has 0 aliphatic carbocycles. The maximum atomic E-state index is 10.1. The minimum absolute atomic E-state index is 0.376. The Kier molecular flexibility index (Phi) is 4.52. The van der Waals surface area contributed by atoms with Crippen LogP contribution in [0, 0.1) is 6.92 Å². The number of thiazole rings is 1. The number of nitrogens with zero attached hydrogens (tertiary/aromatic N) is 5. The first-order valence-corrected chi connectivity index (χ1v) is 8.13. The van der Waals surface area contributed by atoms with Gasteiger partial charge in [-0.25, -0.2) is 4.98 Å². The van der Waals surface area contributed by atoms with Crippen LogP contribution in [0.2, 0.25) is 0 Å². The summed E-state index contributed by atoms with van der Waals surface area (Å²) in [6, 6.07) is 1.88. The third-order valence-electron chi connectivity index (χ3n) is 3.68. The van der Waals surface area contributed by atoms with Crippen molar-refractivity contribution >= 4 is 16.5 Å². The van der Waals surface area contributed by atoms with E-state index in [0.29, 0.717) is 13.1 Å². The average molecular weight is 307 g/mol. The van der Waals surface area contributed by atoms with Gasteiger partial charge in [-0.15, -0.1) is 11.3 Å². The Labute approximate surface area is 128 Å². The molecule has 1 atom stereocenters. The number of aliphatic hydroxyl groups excluding tert-OH is 1. The summed E-state index contributed by atoms with van der Waals surface area (Å²) in [4.78, 5) is 9.17. The van der Waals surface area contributed by atoms with Crippen LogP contribution in [0.3, 0.4) is 0 Å². The van der Waals surface area contributed by atoms with E-state index in [-0.39, 0.29) is 6.10 Å². The molecule has 3 heterocycles. The van der Waals surface area contributed by atoms with E-state index in [9.17, 15) is 5.11 Å². The van der Waals surface area contributed by atoms with Gasteiger partial charge in [0, 0.05) is 50.5 Å². The van der Waals surface area contributed by atoms with E-state index in [4.69, 9.17) is 0 Å². The lowest BCUT2D eigenvalue weighted by Gasteiger charge is -2.35. The fraction of sp³-hybridized carbons (Fsp3) is 0.571. The third-order valence-corrected chi connectivity index (χ3v) is 4.69. The van der Waals surface area contributed by atoms with Gasteiger partial charge in [-0.2, -0.15) is 5.10 Å². The summed E-state index contributed by atoms with van der Waals surface area (Å²) in [7, 11) is 0. The molecule has 2 aromatic heterocycles. The summed E-state index contributed by atoms with van der Waals surface area (Å²) in [5.74, 6) is 0. The molecule has 0 saturated carbocycles. The Morgan fingerprint density at radius 3 is 2.71 bits per heavy atom. The zero-order valence-corrected chi connectivity index (χ0v) is 13.0. The van der Waals surface area contributed by atoms with E-state index < -0.39 is 0 Å². The van der Waals surface area contributed by atoms with Crippen molar-refractivity contribution < 1.29 is 5.11 Å². The third kappa shape index (κ3) is 3.81. The second-order valence-corrected chi connectivity index (χ2v) is 6.28. The highest BCUT2D eigenvalue weighted by molar-refractivity contribution is 7.13. The molecule has 1 aliphatic heterocycles. The van der Waals surface area contributed by atoms with E-state index in [0.717, 1.165) is 37.0 Å². The zero-order chi connectivity index (χ0) is 14.7. The lowest BCUT2D eigenvalue weighted by Crippen LogP contribution is -2.49. The number of aliphatic hydroxyl groups is 1. The topological polar surface area (TPSA) is 57.4 Å². The molecule has 21 heavy (non-hydrogen) atoms. The lowest BCUT2D eigenvalue weighted by atomic mass is 10.2. The van der Waals surface area contributed by atoms with Gasteiger partial charge in [-0.1, -0.05) is 0 Å². The Morgan fingerprint density at radius 2 is 2.10 bits per heavy atom. The number of hydrogen-bond donors (Lipinski definition) is 1. The Hall–Kier alpha value is -1.44. The molecule has 2 aromatic rings. The molecule has 0 bridgehead atoms. The Balaban J connectivity index is 1.45. The molecule has 7 heteroatoms. The number of piperazine rings is 1. The summed E-state index contributed by atoms with van der Waals surface area (Å²) in [5, 5.41) is 17.5. The van der Waals surface area contributed by atoms with Crippen LogP contribution in [0.5, 0.6) is 0 Å². The maximum absolute atomic E-state index is 10.1. The van der Waals surface area contributed by atoms with Crippen LogP contribution in [0.25, 0.3) is 0 Å². The van der Waals surface area contributed by atoms with E-state index in [2.05, 4.69) is 25.3 Å². The summed E-state index contributed by atoms with van der Waals surface area (Å²) in [5.41, 5.74) is 1.09. The number of anilines is 1. The monoisotopic (exact) mass is 307 g/mol. The highest BCUT2D eigenvalue weighted by Gasteiger charge is 2.21. The predicted octanol–water partition coefficient (Wildman–Crippen LogP) is 0.831. The fourth-order valence-corrected chi connectivity index (χ4v) is 3.45. The van der Waals surface area contributed by atoms with E-state index >= 15 is 0 Å². The number of β-amino-alcohol motifs (C(OH)–C–C–N with tert-alkyl or cyclic N) is 1. The standard InChI is InChI=1S/C14H21N5OS/c1-12-11-21-14(16-12)18-7-5-17(6-8-18)9-13(20)10-19-4-2-3-15-19/h2-4,11,13,20H,5-10H2,1H3. The van der Waals surface area contributed by atoms with Crippen LogP contribution >= 0.6 is 11.3 Å². The van der Waals surface area contributed by atoms with Crippen molar-refractivity contribution in [1.29, 1.82) is 0 Å². The van der Waals surface area contributed by atoms with Crippen LogP contribution in [0.4, 0.5) is 5.13 Å². The largest absolute Gasteiger partial charge is 0.390 e. The molecule has 6 nitrogen and oxygen atoms in total. The molecule has 0 spiro atoms. The van der Waals surface area contributed by atoms with Gasteiger partial charge in [-0.3, -0.25) is 9.58 Å². The number of aromatic nitrogens is 3. The van der Waals surface area contributed by atoms with Gasteiger partial charge in [0.15, 0.2) is 5.13 Å². The van der Waals surface area contributed by atoms with Crippen LogP contribution in [-0.4, -0.2) is 63.6 Å². The molecule has 3 rings (SSSR count). The van der Waals surface area contributed by atoms with Gasteiger partial charge in [0.1, 0.15) is 0 Å². The molecule has 0 amide bonds. The summed E-state index contributed by atoms with van der Waals surface area (Å²) >= 11 is 1.71. The summed E-state index contributed by atoms with van der Waals surface area (Å²) in [6.45, 7) is 7.16. The minimum Gasteiger partial charge on any atom is -0.390 e. The molecule has 1 unspecified atom stereocenters. The van der Waals surface area contributed by atoms with Crippen LogP contribution in [0.15, 0.2) is 23.8 Å². The van der Waals surface area contributed by atoms with Crippen molar-refractivity contribution in [3.8, 4) is 0 Å². The van der Waals surface area contributed by atoms with Crippen LogP contribution < -0.4 is 4.90 Å². The van der Waals surface area contributed by atoms with Gasteiger partial charge in [-0.05, 0) is 13.0 Å². The molecular weight excluding hydrogens is 286 g/mol. The zero-order valence-electron chi connectivity index (χ0n) is 12.2. The summed E-state index contributed by atoms with van der Waals surface area (Å²) < 4.78 is 1.78. The molecular formula is C14H21N5OS. The Morgan fingerprint density at radius 1 is 1.29 bits per heavy atom. The van der Waals surface area contributed by atoms with Crippen LogP contribution in [0.1, 0.15) is 5.69 Å². The SMILES string of the molecule is Cc1csc(N2CCN(CC(O)Cn3cccn3)CC2)n1. The van der Waals surface area contributed by atoms with Gasteiger partial charge >= 0.3 is 0 Å². The predicted molar refractivity (Wildman–Crippen MR) is 83.7 cm³/mol. The van der Waals surface area contributed by atoms with Gasteiger partial charge in [0.05, 0.1) is 18.3 Å². The van der Waals surface area contributed by atoms with Gasteiger partial charge in [0.25, 0.3) is 0 Å². The first-order valence-electron chi connectivity index (χ1n) is 7.25. The molecule has 1 fully saturated rings. The maximum Gasteiger partial charge on any atom is 0.185 e. The highest BCUT2D eigenvalue weighted by atomic mass is 32.1. The van der Waals surface area contributed by atoms with Gasteiger partial charge in [0.2, 0.25) is 0 Å².